The summed E-state index contributed by atoms with van der Waals surface area (Å²) in [6, 6.07) is 18.2. The number of anilines is 1. The van der Waals surface area contributed by atoms with Crippen LogP contribution in [-0.4, -0.2) is 36.0 Å². The van der Waals surface area contributed by atoms with E-state index < -0.39 is 5.41 Å². The second-order valence-corrected chi connectivity index (χ2v) is 8.49. The first-order valence-electron chi connectivity index (χ1n) is 11.0. The second kappa shape index (κ2) is 8.63. The molecule has 32 heavy (non-hydrogen) atoms. The SMILES string of the molecule is COc1cc2c(cc1OCc1ccncc1)NC(=O)C21CCN(Cc2ccccc2)CC1. The van der Waals surface area contributed by atoms with Gasteiger partial charge in [0.05, 0.1) is 12.5 Å². The molecular weight excluding hydrogens is 402 g/mol. The fraction of sp³-hybridized carbons (Fsp3) is 0.308. The molecule has 1 aromatic heterocycles. The molecule has 1 amide bonds. The van der Waals surface area contributed by atoms with Gasteiger partial charge in [0.15, 0.2) is 11.5 Å². The molecule has 0 radical (unpaired) electrons. The molecule has 0 saturated carbocycles. The van der Waals surface area contributed by atoms with Crippen LogP contribution in [0.3, 0.4) is 0 Å². The van der Waals surface area contributed by atoms with E-state index in [2.05, 4.69) is 39.5 Å². The van der Waals surface area contributed by atoms with E-state index in [0.29, 0.717) is 18.1 Å². The van der Waals surface area contributed by atoms with Gasteiger partial charge < -0.3 is 14.8 Å². The number of piperidine rings is 1. The van der Waals surface area contributed by atoms with Crippen LogP contribution in [0.2, 0.25) is 0 Å². The van der Waals surface area contributed by atoms with Gasteiger partial charge in [-0.25, -0.2) is 0 Å². The molecule has 1 fully saturated rings. The first kappa shape index (κ1) is 20.5. The topological polar surface area (TPSA) is 63.7 Å². The number of aromatic nitrogens is 1. The lowest BCUT2D eigenvalue weighted by Gasteiger charge is -2.38. The lowest BCUT2D eigenvalue weighted by molar-refractivity contribution is -0.122. The number of methoxy groups -OCH3 is 1. The lowest BCUT2D eigenvalue weighted by Crippen LogP contribution is -2.46. The molecule has 0 unspecified atom stereocenters. The van der Waals surface area contributed by atoms with Gasteiger partial charge in [-0.3, -0.25) is 14.7 Å². The van der Waals surface area contributed by atoms with Crippen LogP contribution in [0.1, 0.15) is 29.5 Å². The molecule has 5 rings (SSSR count). The molecule has 2 aliphatic rings. The van der Waals surface area contributed by atoms with Crippen LogP contribution in [0, 0.1) is 0 Å². The average Bonchev–Trinajstić information content (AvgIpc) is 3.10. The Morgan fingerprint density at radius 1 is 1.00 bits per heavy atom. The third-order valence-electron chi connectivity index (χ3n) is 6.60. The molecular formula is C26H27N3O3. The molecule has 3 aromatic rings. The van der Waals surface area contributed by atoms with Crippen LogP contribution in [0.5, 0.6) is 11.5 Å². The number of carbonyl (C=O) groups is 1. The summed E-state index contributed by atoms with van der Waals surface area (Å²) in [4.78, 5) is 19.6. The van der Waals surface area contributed by atoms with Gasteiger partial charge in [-0.1, -0.05) is 30.3 Å². The number of nitrogens with one attached hydrogen (secondary N) is 1. The van der Waals surface area contributed by atoms with E-state index >= 15 is 0 Å². The van der Waals surface area contributed by atoms with E-state index in [-0.39, 0.29) is 5.91 Å². The number of fused-ring (bicyclic) bond motifs is 2. The Morgan fingerprint density at radius 3 is 2.47 bits per heavy atom. The minimum absolute atomic E-state index is 0.0835. The highest BCUT2D eigenvalue weighted by molar-refractivity contribution is 6.06. The van der Waals surface area contributed by atoms with E-state index in [1.807, 2.05) is 30.3 Å². The maximum atomic E-state index is 13.1. The molecule has 6 heteroatoms. The van der Waals surface area contributed by atoms with Crippen molar-refractivity contribution >= 4 is 11.6 Å². The molecule has 2 aliphatic heterocycles. The normalized spacial score (nSPS) is 17.1. The van der Waals surface area contributed by atoms with Gasteiger partial charge in [0.1, 0.15) is 6.61 Å². The van der Waals surface area contributed by atoms with Crippen molar-refractivity contribution in [3.05, 3.63) is 83.7 Å². The minimum Gasteiger partial charge on any atom is -0.493 e. The molecule has 0 atom stereocenters. The molecule has 2 aromatic carbocycles. The fourth-order valence-electron chi connectivity index (χ4n) is 4.77. The summed E-state index contributed by atoms with van der Waals surface area (Å²) >= 11 is 0. The number of ether oxygens (including phenoxy) is 2. The molecule has 0 bridgehead atoms. The highest BCUT2D eigenvalue weighted by atomic mass is 16.5. The zero-order valence-corrected chi connectivity index (χ0v) is 18.2. The van der Waals surface area contributed by atoms with E-state index in [1.165, 1.54) is 5.56 Å². The van der Waals surface area contributed by atoms with Gasteiger partial charge in [-0.15, -0.1) is 0 Å². The summed E-state index contributed by atoms with van der Waals surface area (Å²) in [6.45, 7) is 3.08. The summed E-state index contributed by atoms with van der Waals surface area (Å²) in [6.07, 6.45) is 5.07. The predicted molar refractivity (Wildman–Crippen MR) is 123 cm³/mol. The van der Waals surface area contributed by atoms with Crippen molar-refractivity contribution < 1.29 is 14.3 Å². The molecule has 1 saturated heterocycles. The van der Waals surface area contributed by atoms with Crippen LogP contribution in [0.25, 0.3) is 0 Å². The molecule has 1 N–H and O–H groups in total. The highest BCUT2D eigenvalue weighted by Gasteiger charge is 2.49. The number of pyridine rings is 1. The Morgan fingerprint density at radius 2 is 1.75 bits per heavy atom. The summed E-state index contributed by atoms with van der Waals surface area (Å²) < 4.78 is 11.7. The number of rotatable bonds is 6. The average molecular weight is 430 g/mol. The number of nitrogens with zero attached hydrogens (tertiary/aromatic N) is 2. The predicted octanol–water partition coefficient (Wildman–Crippen LogP) is 4.16. The Bertz CT molecular complexity index is 1090. The van der Waals surface area contributed by atoms with Gasteiger partial charge in [0.25, 0.3) is 0 Å². The summed E-state index contributed by atoms with van der Waals surface area (Å²) in [5.74, 6) is 1.36. The molecule has 3 heterocycles. The molecule has 164 valence electrons. The Balaban J connectivity index is 1.34. The third kappa shape index (κ3) is 3.82. The third-order valence-corrected chi connectivity index (χ3v) is 6.60. The monoisotopic (exact) mass is 429 g/mol. The first-order valence-corrected chi connectivity index (χ1v) is 11.0. The van der Waals surface area contributed by atoms with Crippen LogP contribution in [-0.2, 0) is 23.4 Å². The smallest absolute Gasteiger partial charge is 0.235 e. The quantitative estimate of drug-likeness (QED) is 0.638. The van der Waals surface area contributed by atoms with Crippen molar-refractivity contribution in [1.82, 2.24) is 9.88 Å². The van der Waals surface area contributed by atoms with Crippen molar-refractivity contribution in [1.29, 1.82) is 0 Å². The van der Waals surface area contributed by atoms with Crippen molar-refractivity contribution in [2.75, 3.05) is 25.5 Å². The largest absolute Gasteiger partial charge is 0.493 e. The van der Waals surface area contributed by atoms with Gasteiger partial charge in [-0.2, -0.15) is 0 Å². The number of benzene rings is 2. The minimum atomic E-state index is -0.501. The van der Waals surface area contributed by atoms with Crippen molar-refractivity contribution in [3.8, 4) is 11.5 Å². The standard InChI is InChI=1S/C26H27N3O3/c1-31-23-15-21-22(16-24(23)32-18-20-7-11-27-12-8-20)28-25(30)26(21)9-13-29(14-10-26)17-19-5-3-2-4-6-19/h2-8,11-12,15-16H,9-10,13-14,17-18H2,1H3,(H,28,30). The van der Waals surface area contributed by atoms with Crippen LogP contribution in [0.15, 0.2) is 67.0 Å². The van der Waals surface area contributed by atoms with Gasteiger partial charge in [0.2, 0.25) is 5.91 Å². The van der Waals surface area contributed by atoms with Gasteiger partial charge in [-0.05, 0) is 60.8 Å². The van der Waals surface area contributed by atoms with Crippen LogP contribution >= 0.6 is 0 Å². The van der Waals surface area contributed by atoms with Gasteiger partial charge in [0, 0.05) is 30.7 Å². The Kier molecular flexibility index (Phi) is 5.53. The number of carbonyl (C=O) groups excluding carboxylic acids is 1. The van der Waals surface area contributed by atoms with Crippen molar-refractivity contribution in [2.45, 2.75) is 31.4 Å². The van der Waals surface area contributed by atoms with Crippen LogP contribution in [0.4, 0.5) is 5.69 Å². The summed E-state index contributed by atoms with van der Waals surface area (Å²) in [5, 5.41) is 3.11. The zero-order chi connectivity index (χ0) is 22.0. The number of amides is 1. The fourth-order valence-corrected chi connectivity index (χ4v) is 4.77. The van der Waals surface area contributed by atoms with E-state index in [1.54, 1.807) is 19.5 Å². The summed E-state index contributed by atoms with van der Waals surface area (Å²) in [7, 11) is 1.64. The zero-order valence-electron chi connectivity index (χ0n) is 18.2. The highest BCUT2D eigenvalue weighted by Crippen LogP contribution is 2.49. The van der Waals surface area contributed by atoms with E-state index in [0.717, 1.165) is 49.3 Å². The number of likely N-dealkylation sites (tertiary alicyclic amines) is 1. The maximum absolute atomic E-state index is 13.1. The maximum Gasteiger partial charge on any atom is 0.235 e. The molecule has 1 spiro atoms. The van der Waals surface area contributed by atoms with Crippen molar-refractivity contribution in [3.63, 3.8) is 0 Å². The number of hydrogen-bond donors (Lipinski definition) is 1. The van der Waals surface area contributed by atoms with E-state index in [9.17, 15) is 4.79 Å². The Hall–Kier alpha value is -3.38. The number of hydrogen-bond acceptors (Lipinski definition) is 5. The Labute approximate surface area is 188 Å². The molecule has 6 nitrogen and oxygen atoms in total. The summed E-state index contributed by atoms with van der Waals surface area (Å²) in [5.41, 5.74) is 3.68. The molecule has 0 aliphatic carbocycles. The van der Waals surface area contributed by atoms with E-state index in [4.69, 9.17) is 9.47 Å². The second-order valence-electron chi connectivity index (χ2n) is 8.49. The first-order chi connectivity index (χ1) is 15.7. The van der Waals surface area contributed by atoms with Crippen LogP contribution < -0.4 is 14.8 Å². The lowest BCUT2D eigenvalue weighted by atomic mass is 9.73. The van der Waals surface area contributed by atoms with Gasteiger partial charge >= 0.3 is 0 Å². The van der Waals surface area contributed by atoms with Crippen molar-refractivity contribution in [2.24, 2.45) is 0 Å².